The molecule has 1 aromatic rings. The molecule has 0 spiro atoms. The van der Waals surface area contributed by atoms with Gasteiger partial charge in [0.05, 0.1) is 0 Å². The summed E-state index contributed by atoms with van der Waals surface area (Å²) in [5.41, 5.74) is 1.45. The lowest BCUT2D eigenvalue weighted by Crippen LogP contribution is -2.47. The average Bonchev–Trinajstić information content (AvgIpc) is 3.20. The van der Waals surface area contributed by atoms with Gasteiger partial charge in [0.2, 0.25) is 0 Å². The van der Waals surface area contributed by atoms with E-state index in [-0.39, 0.29) is 0 Å². The predicted molar refractivity (Wildman–Crippen MR) is 98.8 cm³/mol. The molecule has 0 amide bonds. The maximum absolute atomic E-state index is 2.71. The van der Waals surface area contributed by atoms with Crippen molar-refractivity contribution in [1.82, 2.24) is 9.80 Å². The molecular formula is C20H28N2S. The number of hydrogen-bond acceptors (Lipinski definition) is 3. The molecule has 3 aliphatic rings. The second kappa shape index (κ2) is 7.00. The van der Waals surface area contributed by atoms with Gasteiger partial charge < -0.3 is 4.90 Å². The summed E-state index contributed by atoms with van der Waals surface area (Å²) >= 11 is 1.82. The maximum atomic E-state index is 2.71. The first-order valence-electron chi connectivity index (χ1n) is 9.06. The van der Waals surface area contributed by atoms with Crippen LogP contribution in [0.4, 0.5) is 0 Å². The largest absolute Gasteiger partial charge is 0.300 e. The molecule has 3 atom stereocenters. The molecule has 23 heavy (non-hydrogen) atoms. The number of fused-ring (bicyclic) bond motifs is 2. The molecule has 1 heterocycles. The molecule has 2 bridgehead atoms. The Morgan fingerprint density at radius 1 is 0.957 bits per heavy atom. The smallest absolute Gasteiger partial charge is 0.0234 e. The van der Waals surface area contributed by atoms with Gasteiger partial charge >= 0.3 is 0 Å². The van der Waals surface area contributed by atoms with E-state index in [9.17, 15) is 0 Å². The molecule has 2 fully saturated rings. The van der Waals surface area contributed by atoms with Crippen molar-refractivity contribution >= 4 is 11.8 Å². The Kier molecular flexibility index (Phi) is 4.79. The number of benzene rings is 1. The van der Waals surface area contributed by atoms with Crippen LogP contribution in [0.1, 0.15) is 18.4 Å². The molecule has 1 saturated heterocycles. The molecule has 3 heteroatoms. The summed E-state index contributed by atoms with van der Waals surface area (Å²) in [7, 11) is 0. The van der Waals surface area contributed by atoms with Crippen LogP contribution in [0.5, 0.6) is 0 Å². The maximum Gasteiger partial charge on any atom is 0.0234 e. The van der Waals surface area contributed by atoms with E-state index < -0.39 is 0 Å². The molecular weight excluding hydrogens is 300 g/mol. The van der Waals surface area contributed by atoms with Gasteiger partial charge in [0, 0.05) is 44.2 Å². The number of allylic oxidation sites excluding steroid dienone is 2. The Hall–Kier alpha value is -0.770. The first kappa shape index (κ1) is 15.7. The zero-order chi connectivity index (χ0) is 15.6. The van der Waals surface area contributed by atoms with Gasteiger partial charge in [-0.25, -0.2) is 0 Å². The molecule has 2 nitrogen and oxygen atoms in total. The van der Waals surface area contributed by atoms with Crippen molar-refractivity contribution in [3.63, 3.8) is 0 Å². The highest BCUT2D eigenvalue weighted by atomic mass is 32.2. The van der Waals surface area contributed by atoms with Crippen molar-refractivity contribution in [2.24, 2.45) is 17.8 Å². The molecule has 1 aromatic carbocycles. The summed E-state index contributed by atoms with van der Waals surface area (Å²) in [5.74, 6) is 2.75. The summed E-state index contributed by atoms with van der Waals surface area (Å²) < 4.78 is 0. The highest BCUT2D eigenvalue weighted by Crippen LogP contribution is 2.43. The number of hydrogen-bond donors (Lipinski definition) is 0. The molecule has 4 rings (SSSR count). The van der Waals surface area contributed by atoms with E-state index >= 15 is 0 Å². The highest BCUT2D eigenvalue weighted by molar-refractivity contribution is 7.98. The van der Waals surface area contributed by atoms with Crippen molar-refractivity contribution in [3.8, 4) is 0 Å². The summed E-state index contributed by atoms with van der Waals surface area (Å²) in [6, 6.07) is 9.08. The fourth-order valence-electron chi connectivity index (χ4n) is 4.56. The van der Waals surface area contributed by atoms with E-state index in [0.29, 0.717) is 0 Å². The second-order valence-electron chi connectivity index (χ2n) is 7.47. The van der Waals surface area contributed by atoms with Gasteiger partial charge in [-0.05, 0) is 54.5 Å². The van der Waals surface area contributed by atoms with E-state index in [1.807, 2.05) is 11.8 Å². The third kappa shape index (κ3) is 3.67. The summed E-state index contributed by atoms with van der Waals surface area (Å²) in [6.07, 6.45) is 9.98. The second-order valence-corrected chi connectivity index (χ2v) is 8.34. The van der Waals surface area contributed by atoms with Crippen LogP contribution in [0.2, 0.25) is 0 Å². The fraction of sp³-hybridized carbons (Fsp3) is 0.600. The molecule has 0 radical (unpaired) electrons. The van der Waals surface area contributed by atoms with Gasteiger partial charge in [0.1, 0.15) is 0 Å². The Morgan fingerprint density at radius 2 is 1.70 bits per heavy atom. The van der Waals surface area contributed by atoms with Gasteiger partial charge in [0.25, 0.3) is 0 Å². The van der Waals surface area contributed by atoms with Crippen LogP contribution in [0.25, 0.3) is 0 Å². The Labute approximate surface area is 144 Å². The van der Waals surface area contributed by atoms with Crippen molar-refractivity contribution in [2.45, 2.75) is 24.3 Å². The summed E-state index contributed by atoms with van der Waals surface area (Å²) in [4.78, 5) is 6.69. The van der Waals surface area contributed by atoms with Crippen LogP contribution in [0, 0.1) is 17.8 Å². The average molecular weight is 329 g/mol. The number of thioether (sulfide) groups is 1. The minimum Gasteiger partial charge on any atom is -0.300 e. The van der Waals surface area contributed by atoms with Crippen LogP contribution < -0.4 is 0 Å². The third-order valence-corrected chi connectivity index (χ3v) is 6.68. The van der Waals surface area contributed by atoms with Gasteiger partial charge in [-0.2, -0.15) is 0 Å². The van der Waals surface area contributed by atoms with Crippen LogP contribution in [-0.4, -0.2) is 48.8 Å². The first-order valence-corrected chi connectivity index (χ1v) is 10.3. The summed E-state index contributed by atoms with van der Waals surface area (Å²) in [6.45, 7) is 7.39. The van der Waals surface area contributed by atoms with Crippen molar-refractivity contribution < 1.29 is 0 Å². The van der Waals surface area contributed by atoms with E-state index in [0.717, 1.165) is 24.3 Å². The van der Waals surface area contributed by atoms with Gasteiger partial charge in [-0.15, -0.1) is 11.8 Å². The predicted octanol–water partition coefficient (Wildman–Crippen LogP) is 3.74. The molecule has 0 unspecified atom stereocenters. The molecule has 1 saturated carbocycles. The fourth-order valence-corrected chi connectivity index (χ4v) is 4.96. The minimum absolute atomic E-state index is 0.896. The van der Waals surface area contributed by atoms with Crippen LogP contribution in [0.3, 0.4) is 0 Å². The van der Waals surface area contributed by atoms with E-state index in [4.69, 9.17) is 0 Å². The van der Waals surface area contributed by atoms with Crippen LogP contribution in [-0.2, 0) is 6.54 Å². The standard InChI is InChI=1S/C20H28N2S/c1-23-20-6-3-16(4-7-20)14-21-8-10-22(11-9-21)15-19-13-17-2-5-18(19)12-17/h2-7,17-19H,8-15H2,1H3/t17-,18+,19-/m0/s1. The minimum atomic E-state index is 0.896. The zero-order valence-corrected chi connectivity index (χ0v) is 15.0. The van der Waals surface area contributed by atoms with E-state index in [1.54, 1.807) is 0 Å². The quantitative estimate of drug-likeness (QED) is 0.600. The number of rotatable bonds is 5. The zero-order valence-electron chi connectivity index (χ0n) is 14.2. The Morgan fingerprint density at radius 3 is 2.30 bits per heavy atom. The molecule has 2 aliphatic carbocycles. The Balaban J connectivity index is 1.23. The summed E-state index contributed by atoms with van der Waals surface area (Å²) in [5, 5.41) is 0. The first-order chi connectivity index (χ1) is 11.3. The normalized spacial score (nSPS) is 31.1. The van der Waals surface area contributed by atoms with Crippen LogP contribution in [0.15, 0.2) is 41.3 Å². The number of nitrogens with zero attached hydrogens (tertiary/aromatic N) is 2. The monoisotopic (exact) mass is 328 g/mol. The van der Waals surface area contributed by atoms with Crippen LogP contribution >= 0.6 is 11.8 Å². The lowest BCUT2D eigenvalue weighted by Gasteiger charge is -2.37. The van der Waals surface area contributed by atoms with Crippen molar-refractivity contribution in [2.75, 3.05) is 39.0 Å². The highest BCUT2D eigenvalue weighted by Gasteiger charge is 2.36. The lowest BCUT2D eigenvalue weighted by molar-refractivity contribution is 0.108. The third-order valence-electron chi connectivity index (χ3n) is 5.94. The van der Waals surface area contributed by atoms with Gasteiger partial charge in [-0.1, -0.05) is 24.3 Å². The molecule has 124 valence electrons. The molecule has 0 N–H and O–H groups in total. The van der Waals surface area contributed by atoms with Gasteiger partial charge in [-0.3, -0.25) is 4.90 Å². The van der Waals surface area contributed by atoms with Gasteiger partial charge in [0.15, 0.2) is 0 Å². The molecule has 1 aliphatic heterocycles. The number of piperazine rings is 1. The molecule has 0 aromatic heterocycles. The lowest BCUT2D eigenvalue weighted by atomic mass is 9.93. The van der Waals surface area contributed by atoms with Crippen molar-refractivity contribution in [1.29, 1.82) is 0 Å². The van der Waals surface area contributed by atoms with E-state index in [2.05, 4.69) is 52.5 Å². The topological polar surface area (TPSA) is 6.48 Å². The SMILES string of the molecule is CSc1ccc(CN2CCN(C[C@@H]3C[C@H]4C=C[C@@H]3C4)CC2)cc1. The van der Waals surface area contributed by atoms with Crippen molar-refractivity contribution in [3.05, 3.63) is 42.0 Å². The Bertz CT molecular complexity index is 545. The van der Waals surface area contributed by atoms with E-state index in [1.165, 1.54) is 56.0 Å².